The third kappa shape index (κ3) is 3.87. The Morgan fingerprint density at radius 2 is 1.86 bits per heavy atom. The van der Waals surface area contributed by atoms with E-state index in [-0.39, 0.29) is 18.4 Å². The van der Waals surface area contributed by atoms with Gasteiger partial charge in [-0.25, -0.2) is 4.68 Å². The number of anilines is 1. The Labute approximate surface area is 128 Å². The molecule has 2 amide bonds. The zero-order valence-corrected chi connectivity index (χ0v) is 12.6. The van der Waals surface area contributed by atoms with Crippen molar-refractivity contribution in [1.82, 2.24) is 25.1 Å². The third-order valence-corrected chi connectivity index (χ3v) is 3.16. The largest absolute Gasteiger partial charge is 0.339 e. The van der Waals surface area contributed by atoms with Gasteiger partial charge in [0.05, 0.1) is 0 Å². The molecule has 0 atom stereocenters. The van der Waals surface area contributed by atoms with Gasteiger partial charge in [-0.1, -0.05) is 0 Å². The molecule has 0 aliphatic carbocycles. The van der Waals surface area contributed by atoms with Crippen LogP contribution in [0.4, 0.5) is 5.69 Å². The summed E-state index contributed by atoms with van der Waals surface area (Å²) in [5, 5.41) is 13.3. The van der Waals surface area contributed by atoms with E-state index in [1.54, 1.807) is 29.2 Å². The van der Waals surface area contributed by atoms with Crippen LogP contribution in [0.25, 0.3) is 0 Å². The molecule has 0 aliphatic rings. The summed E-state index contributed by atoms with van der Waals surface area (Å²) >= 11 is 0. The fourth-order valence-electron chi connectivity index (χ4n) is 1.99. The van der Waals surface area contributed by atoms with Crippen LogP contribution in [-0.4, -0.2) is 50.0 Å². The van der Waals surface area contributed by atoms with E-state index in [1.165, 1.54) is 11.0 Å². The van der Waals surface area contributed by atoms with E-state index in [0.717, 1.165) is 0 Å². The number of amides is 2. The first kappa shape index (κ1) is 15.6. The van der Waals surface area contributed by atoms with Crippen molar-refractivity contribution in [3.05, 3.63) is 36.2 Å². The fourth-order valence-corrected chi connectivity index (χ4v) is 1.99. The second kappa shape index (κ2) is 7.30. The predicted molar refractivity (Wildman–Crippen MR) is 80.1 cm³/mol. The number of carbonyl (C=O) groups excluding carboxylic acids is 2. The molecule has 1 heterocycles. The van der Waals surface area contributed by atoms with E-state index >= 15 is 0 Å². The number of nitrogens with zero attached hydrogens (tertiary/aromatic N) is 5. The lowest BCUT2D eigenvalue weighted by Crippen LogP contribution is -2.30. The van der Waals surface area contributed by atoms with E-state index < -0.39 is 0 Å². The Balaban J connectivity index is 1.97. The molecule has 2 rings (SSSR count). The Hall–Kier alpha value is -2.77. The van der Waals surface area contributed by atoms with E-state index in [0.29, 0.717) is 24.3 Å². The van der Waals surface area contributed by atoms with Crippen LogP contribution >= 0.6 is 0 Å². The van der Waals surface area contributed by atoms with E-state index in [4.69, 9.17) is 0 Å². The van der Waals surface area contributed by atoms with Crippen LogP contribution in [-0.2, 0) is 11.3 Å². The molecule has 0 saturated heterocycles. The quantitative estimate of drug-likeness (QED) is 0.851. The lowest BCUT2D eigenvalue weighted by atomic mass is 10.1. The van der Waals surface area contributed by atoms with Gasteiger partial charge in [0.1, 0.15) is 12.9 Å². The molecule has 0 fully saturated rings. The Kier molecular flexibility index (Phi) is 5.18. The lowest BCUT2D eigenvalue weighted by molar-refractivity contribution is -0.116. The van der Waals surface area contributed by atoms with Gasteiger partial charge in [0.15, 0.2) is 0 Å². The smallest absolute Gasteiger partial charge is 0.253 e. The second-order valence-corrected chi connectivity index (χ2v) is 4.61. The molecule has 22 heavy (non-hydrogen) atoms. The van der Waals surface area contributed by atoms with Gasteiger partial charge in [-0.05, 0) is 48.5 Å². The summed E-state index contributed by atoms with van der Waals surface area (Å²) in [6.45, 7) is 5.25. The molecule has 0 radical (unpaired) electrons. The monoisotopic (exact) mass is 302 g/mol. The summed E-state index contributed by atoms with van der Waals surface area (Å²) in [6, 6.07) is 6.81. The number of nitrogens with one attached hydrogen (secondary N) is 1. The number of carbonyl (C=O) groups is 2. The molecule has 0 spiro atoms. The fraction of sp³-hybridized carbons (Fsp3) is 0.357. The first-order chi connectivity index (χ1) is 10.6. The highest BCUT2D eigenvalue weighted by Crippen LogP contribution is 2.11. The minimum Gasteiger partial charge on any atom is -0.339 e. The summed E-state index contributed by atoms with van der Waals surface area (Å²) in [6.07, 6.45) is 1.37. The molecule has 116 valence electrons. The van der Waals surface area contributed by atoms with Crippen LogP contribution < -0.4 is 5.32 Å². The predicted octanol–water partition coefficient (Wildman–Crippen LogP) is 0.794. The van der Waals surface area contributed by atoms with Crippen molar-refractivity contribution >= 4 is 17.5 Å². The van der Waals surface area contributed by atoms with Crippen LogP contribution in [0.2, 0.25) is 0 Å². The maximum Gasteiger partial charge on any atom is 0.253 e. The van der Waals surface area contributed by atoms with Crippen molar-refractivity contribution < 1.29 is 9.59 Å². The van der Waals surface area contributed by atoms with Crippen molar-refractivity contribution in [1.29, 1.82) is 0 Å². The van der Waals surface area contributed by atoms with Gasteiger partial charge in [0.2, 0.25) is 5.91 Å². The van der Waals surface area contributed by atoms with Gasteiger partial charge in [-0.2, -0.15) is 0 Å². The first-order valence-electron chi connectivity index (χ1n) is 7.04. The van der Waals surface area contributed by atoms with Gasteiger partial charge in [0, 0.05) is 24.3 Å². The number of rotatable bonds is 6. The normalized spacial score (nSPS) is 10.3. The number of benzene rings is 1. The molecule has 0 bridgehead atoms. The Bertz CT molecular complexity index is 619. The molecule has 0 aliphatic heterocycles. The van der Waals surface area contributed by atoms with Gasteiger partial charge in [-0.15, -0.1) is 5.10 Å². The SMILES string of the molecule is CCN(CC)C(=O)c1ccc(NC(=O)Cn2cnnn2)cc1. The Morgan fingerprint density at radius 3 is 2.41 bits per heavy atom. The molecule has 2 aromatic rings. The first-order valence-corrected chi connectivity index (χ1v) is 7.04. The maximum atomic E-state index is 12.2. The number of hydrogen-bond acceptors (Lipinski definition) is 5. The molecule has 8 heteroatoms. The maximum absolute atomic E-state index is 12.2. The molecule has 8 nitrogen and oxygen atoms in total. The molecule has 1 aromatic carbocycles. The zero-order valence-electron chi connectivity index (χ0n) is 12.6. The molecule has 1 aromatic heterocycles. The minimum atomic E-state index is -0.241. The van der Waals surface area contributed by atoms with Crippen LogP contribution in [0.15, 0.2) is 30.6 Å². The average molecular weight is 302 g/mol. The van der Waals surface area contributed by atoms with Crippen molar-refractivity contribution in [2.24, 2.45) is 0 Å². The summed E-state index contributed by atoms with van der Waals surface area (Å²) in [4.78, 5) is 25.7. The summed E-state index contributed by atoms with van der Waals surface area (Å²) < 4.78 is 1.33. The number of tetrazole rings is 1. The highest BCUT2D eigenvalue weighted by atomic mass is 16.2. The van der Waals surface area contributed by atoms with Crippen LogP contribution in [0.3, 0.4) is 0 Å². The van der Waals surface area contributed by atoms with E-state index in [1.807, 2.05) is 13.8 Å². The van der Waals surface area contributed by atoms with Crippen molar-refractivity contribution in [3.8, 4) is 0 Å². The standard InChI is InChI=1S/C14H18N6O2/c1-3-19(4-2)14(22)11-5-7-12(8-6-11)16-13(21)9-20-10-15-17-18-20/h5-8,10H,3-4,9H2,1-2H3,(H,16,21). The summed E-state index contributed by atoms with van der Waals surface area (Å²) in [5.41, 5.74) is 1.22. The minimum absolute atomic E-state index is 0.0171. The van der Waals surface area contributed by atoms with Gasteiger partial charge in [0.25, 0.3) is 5.91 Å². The van der Waals surface area contributed by atoms with Gasteiger partial charge in [-0.3, -0.25) is 9.59 Å². The summed E-state index contributed by atoms with van der Waals surface area (Å²) in [5.74, 6) is -0.258. The van der Waals surface area contributed by atoms with E-state index in [2.05, 4.69) is 20.8 Å². The topological polar surface area (TPSA) is 93.0 Å². The second-order valence-electron chi connectivity index (χ2n) is 4.61. The zero-order chi connectivity index (χ0) is 15.9. The van der Waals surface area contributed by atoms with Gasteiger partial charge < -0.3 is 10.2 Å². The third-order valence-electron chi connectivity index (χ3n) is 3.16. The molecule has 0 unspecified atom stereocenters. The summed E-state index contributed by atoms with van der Waals surface area (Å²) in [7, 11) is 0. The molecule has 0 saturated carbocycles. The number of hydrogen-bond donors (Lipinski definition) is 1. The lowest BCUT2D eigenvalue weighted by Gasteiger charge is -2.18. The number of aromatic nitrogens is 4. The van der Waals surface area contributed by atoms with Crippen molar-refractivity contribution in [2.45, 2.75) is 20.4 Å². The highest BCUT2D eigenvalue weighted by Gasteiger charge is 2.12. The average Bonchev–Trinajstić information content (AvgIpc) is 3.02. The van der Waals surface area contributed by atoms with Crippen LogP contribution in [0.5, 0.6) is 0 Å². The molecular weight excluding hydrogens is 284 g/mol. The van der Waals surface area contributed by atoms with Gasteiger partial charge >= 0.3 is 0 Å². The van der Waals surface area contributed by atoms with E-state index in [9.17, 15) is 9.59 Å². The van der Waals surface area contributed by atoms with Crippen molar-refractivity contribution in [3.63, 3.8) is 0 Å². The molecule has 1 N–H and O–H groups in total. The Morgan fingerprint density at radius 1 is 1.18 bits per heavy atom. The van der Waals surface area contributed by atoms with Crippen molar-refractivity contribution in [2.75, 3.05) is 18.4 Å². The van der Waals surface area contributed by atoms with Crippen LogP contribution in [0, 0.1) is 0 Å². The molecular formula is C14H18N6O2. The highest BCUT2D eigenvalue weighted by molar-refractivity contribution is 5.95. The van der Waals surface area contributed by atoms with Crippen LogP contribution in [0.1, 0.15) is 24.2 Å².